The van der Waals surface area contributed by atoms with E-state index < -0.39 is 0 Å². The van der Waals surface area contributed by atoms with Crippen molar-refractivity contribution >= 4 is 28.3 Å². The quantitative estimate of drug-likeness (QED) is 0.585. The molecule has 3 aromatic heterocycles. The van der Waals surface area contributed by atoms with Gasteiger partial charge >= 0.3 is 0 Å². The Morgan fingerprint density at radius 2 is 1.82 bits per heavy atom. The van der Waals surface area contributed by atoms with Crippen LogP contribution in [-0.4, -0.2) is 29.8 Å². The molecule has 0 amide bonds. The van der Waals surface area contributed by atoms with Crippen LogP contribution >= 0.6 is 11.6 Å². The van der Waals surface area contributed by atoms with Gasteiger partial charge in [0.15, 0.2) is 5.65 Å². The fourth-order valence-corrected chi connectivity index (χ4v) is 2.77. The van der Waals surface area contributed by atoms with Gasteiger partial charge in [-0.2, -0.15) is 5.10 Å². The highest BCUT2D eigenvalue weighted by Crippen LogP contribution is 2.27. The number of aromatic nitrogens is 6. The third-order valence-electron chi connectivity index (χ3n) is 3.89. The Labute approximate surface area is 131 Å². The molecule has 0 aliphatic rings. The van der Waals surface area contributed by atoms with E-state index in [2.05, 4.69) is 46.4 Å². The topological polar surface area (TPSA) is 71.8 Å². The van der Waals surface area contributed by atoms with Crippen LogP contribution in [0.3, 0.4) is 0 Å². The molecule has 0 radical (unpaired) electrons. The molecule has 0 saturated heterocycles. The number of hydrogen-bond donors (Lipinski definition) is 1. The molecule has 4 rings (SSSR count). The number of benzene rings is 1. The zero-order valence-electron chi connectivity index (χ0n) is 12.3. The van der Waals surface area contributed by atoms with E-state index in [1.54, 1.807) is 6.07 Å². The number of halogens is 1. The van der Waals surface area contributed by atoms with Gasteiger partial charge in [0.2, 0.25) is 0 Å². The van der Waals surface area contributed by atoms with Gasteiger partial charge in [0, 0.05) is 6.07 Å². The molecular weight excluding hydrogens is 300 g/mol. The van der Waals surface area contributed by atoms with E-state index in [1.807, 2.05) is 11.3 Å². The number of H-pyrrole nitrogens is 1. The second kappa shape index (κ2) is 4.51. The molecule has 3 heterocycles. The number of hydrogen-bond acceptors (Lipinski definition) is 4. The highest BCUT2D eigenvalue weighted by molar-refractivity contribution is 6.29. The van der Waals surface area contributed by atoms with Crippen molar-refractivity contribution < 1.29 is 0 Å². The molecule has 0 aliphatic heterocycles. The minimum absolute atomic E-state index is 0.464. The first-order valence-corrected chi connectivity index (χ1v) is 7.26. The number of aryl methyl sites for hydroxylation is 3. The molecule has 0 spiro atoms. The second-order valence-electron chi connectivity index (χ2n) is 5.39. The Morgan fingerprint density at radius 3 is 2.55 bits per heavy atom. The smallest absolute Gasteiger partial charge is 0.189 e. The number of nitrogens with zero attached hydrogens (tertiary/aromatic N) is 5. The van der Waals surface area contributed by atoms with Gasteiger partial charge in [0.05, 0.1) is 11.0 Å². The van der Waals surface area contributed by atoms with Gasteiger partial charge in [-0.25, -0.2) is 4.98 Å². The van der Waals surface area contributed by atoms with E-state index in [0.717, 1.165) is 16.9 Å². The first kappa shape index (κ1) is 13.2. The van der Waals surface area contributed by atoms with Gasteiger partial charge < -0.3 is 0 Å². The molecule has 1 N–H and O–H groups in total. The molecule has 7 heteroatoms. The third kappa shape index (κ3) is 1.80. The van der Waals surface area contributed by atoms with Gasteiger partial charge in [0.1, 0.15) is 22.4 Å². The van der Waals surface area contributed by atoms with Crippen LogP contribution in [0.4, 0.5) is 0 Å². The summed E-state index contributed by atoms with van der Waals surface area (Å²) >= 11 is 5.94. The maximum Gasteiger partial charge on any atom is 0.189 e. The van der Waals surface area contributed by atoms with Crippen LogP contribution in [0.5, 0.6) is 0 Å². The summed E-state index contributed by atoms with van der Waals surface area (Å²) in [6.07, 6.45) is 0. The molecule has 0 aliphatic carbocycles. The molecule has 1 aromatic carbocycles. The van der Waals surface area contributed by atoms with E-state index in [9.17, 15) is 0 Å². The summed E-state index contributed by atoms with van der Waals surface area (Å²) in [4.78, 5) is 4.74. The fourth-order valence-electron chi connectivity index (χ4n) is 2.62. The lowest BCUT2D eigenvalue weighted by Gasteiger charge is -2.08. The Balaban J connectivity index is 2.19. The van der Waals surface area contributed by atoms with E-state index >= 15 is 0 Å². The SMILES string of the molecule is Cc1cc2nc(-c3cc(Cl)[nH]n3)c3nnc(C)n3c2cc1C. The van der Waals surface area contributed by atoms with E-state index in [4.69, 9.17) is 16.6 Å². The zero-order chi connectivity index (χ0) is 15.4. The standard InChI is InChI=1S/C15H13ClN6/c1-7-4-10-12(5-8(7)2)22-9(3)18-21-15(22)14(17-10)11-6-13(16)20-19-11/h4-6H,1-3H3,(H,19,20). The van der Waals surface area contributed by atoms with Crippen LogP contribution in [0.15, 0.2) is 18.2 Å². The first-order chi connectivity index (χ1) is 10.5. The molecule has 6 nitrogen and oxygen atoms in total. The predicted molar refractivity (Wildman–Crippen MR) is 85.1 cm³/mol. The van der Waals surface area contributed by atoms with Gasteiger partial charge in [-0.15, -0.1) is 10.2 Å². The largest absolute Gasteiger partial charge is 0.276 e. The average molecular weight is 313 g/mol. The minimum Gasteiger partial charge on any atom is -0.276 e. The Morgan fingerprint density at radius 1 is 1.05 bits per heavy atom. The van der Waals surface area contributed by atoms with Crippen LogP contribution in [0.2, 0.25) is 5.15 Å². The number of aromatic amines is 1. The Bertz CT molecular complexity index is 1030. The summed E-state index contributed by atoms with van der Waals surface area (Å²) in [5, 5.41) is 15.8. The van der Waals surface area contributed by atoms with E-state index in [1.165, 1.54) is 11.1 Å². The van der Waals surface area contributed by atoms with Crippen LogP contribution in [0.25, 0.3) is 28.1 Å². The molecule has 0 saturated carbocycles. The molecule has 22 heavy (non-hydrogen) atoms. The summed E-state index contributed by atoms with van der Waals surface area (Å²) in [7, 11) is 0. The highest BCUT2D eigenvalue weighted by Gasteiger charge is 2.17. The summed E-state index contributed by atoms with van der Waals surface area (Å²) in [6, 6.07) is 5.92. The van der Waals surface area contributed by atoms with Crippen molar-refractivity contribution in [3.8, 4) is 11.4 Å². The highest BCUT2D eigenvalue weighted by atomic mass is 35.5. The summed E-state index contributed by atoms with van der Waals surface area (Å²) in [5.41, 5.74) is 6.27. The van der Waals surface area contributed by atoms with Crippen molar-refractivity contribution in [1.82, 2.24) is 29.8 Å². The van der Waals surface area contributed by atoms with Crippen molar-refractivity contribution in [1.29, 1.82) is 0 Å². The maximum atomic E-state index is 5.94. The number of fused-ring (bicyclic) bond motifs is 3. The Hall–Kier alpha value is -2.47. The van der Waals surface area contributed by atoms with Crippen LogP contribution < -0.4 is 0 Å². The molecule has 110 valence electrons. The molecule has 0 fully saturated rings. The van der Waals surface area contributed by atoms with Crippen molar-refractivity contribution in [2.75, 3.05) is 0 Å². The lowest BCUT2D eigenvalue weighted by Crippen LogP contribution is -1.99. The van der Waals surface area contributed by atoms with Crippen molar-refractivity contribution in [2.45, 2.75) is 20.8 Å². The van der Waals surface area contributed by atoms with Crippen LogP contribution in [0, 0.1) is 20.8 Å². The first-order valence-electron chi connectivity index (χ1n) is 6.88. The number of nitrogens with one attached hydrogen (secondary N) is 1. The Kier molecular flexibility index (Phi) is 2.71. The molecule has 0 bridgehead atoms. The van der Waals surface area contributed by atoms with Crippen molar-refractivity contribution in [3.05, 3.63) is 40.3 Å². The van der Waals surface area contributed by atoms with Crippen molar-refractivity contribution in [2.24, 2.45) is 0 Å². The molecule has 4 aromatic rings. The summed E-state index contributed by atoms with van der Waals surface area (Å²) in [5.74, 6) is 0.813. The minimum atomic E-state index is 0.464. The molecule has 0 unspecified atom stereocenters. The van der Waals surface area contributed by atoms with Gasteiger partial charge in [-0.05, 0) is 44.0 Å². The van der Waals surface area contributed by atoms with Gasteiger partial charge in [-0.1, -0.05) is 11.6 Å². The molecule has 0 atom stereocenters. The number of rotatable bonds is 1. The van der Waals surface area contributed by atoms with E-state index in [0.29, 0.717) is 22.2 Å². The second-order valence-corrected chi connectivity index (χ2v) is 5.80. The lowest BCUT2D eigenvalue weighted by molar-refractivity contribution is 1.02. The van der Waals surface area contributed by atoms with Gasteiger partial charge in [0.25, 0.3) is 0 Å². The lowest BCUT2D eigenvalue weighted by atomic mass is 10.1. The average Bonchev–Trinajstić information content (AvgIpc) is 3.07. The summed E-state index contributed by atoms with van der Waals surface area (Å²) < 4.78 is 2.01. The normalized spacial score (nSPS) is 11.6. The summed E-state index contributed by atoms with van der Waals surface area (Å²) in [6.45, 7) is 6.09. The van der Waals surface area contributed by atoms with Gasteiger partial charge in [-0.3, -0.25) is 9.50 Å². The maximum absolute atomic E-state index is 5.94. The van der Waals surface area contributed by atoms with Crippen LogP contribution in [0.1, 0.15) is 17.0 Å². The molecular formula is C15H13ClN6. The monoisotopic (exact) mass is 312 g/mol. The fraction of sp³-hybridized carbons (Fsp3) is 0.200. The zero-order valence-corrected chi connectivity index (χ0v) is 13.1. The predicted octanol–water partition coefficient (Wildman–Crippen LogP) is 3.25. The van der Waals surface area contributed by atoms with Crippen LogP contribution in [-0.2, 0) is 0 Å². The van der Waals surface area contributed by atoms with Crippen molar-refractivity contribution in [3.63, 3.8) is 0 Å². The third-order valence-corrected chi connectivity index (χ3v) is 4.08. The van der Waals surface area contributed by atoms with E-state index in [-0.39, 0.29) is 0 Å².